The summed E-state index contributed by atoms with van der Waals surface area (Å²) in [5.74, 6) is -0.238. The minimum atomic E-state index is -0.450. The molecular weight excluding hydrogens is 386 g/mol. The van der Waals surface area contributed by atoms with E-state index < -0.39 is 11.6 Å². The van der Waals surface area contributed by atoms with Gasteiger partial charge in [-0.05, 0) is 42.5 Å². The quantitative estimate of drug-likeness (QED) is 0.792. The summed E-state index contributed by atoms with van der Waals surface area (Å²) in [6.07, 6.45) is 2.74. The maximum Gasteiger partial charge on any atom is 0.223 e. The molecule has 3 aliphatic rings. The third-order valence-corrected chi connectivity index (χ3v) is 6.95. The molecule has 0 unspecified atom stereocenters. The molecule has 4 nitrogen and oxygen atoms in total. The first-order valence-corrected chi connectivity index (χ1v) is 10.7. The molecule has 0 aromatic heterocycles. The van der Waals surface area contributed by atoms with Gasteiger partial charge in [-0.3, -0.25) is 9.69 Å². The smallest absolute Gasteiger partial charge is 0.223 e. The van der Waals surface area contributed by atoms with Gasteiger partial charge in [-0.25, -0.2) is 8.78 Å². The Hall–Kier alpha value is -2.31. The molecule has 1 saturated carbocycles. The number of hydrogen-bond acceptors (Lipinski definition) is 3. The Balaban J connectivity index is 1.39. The van der Waals surface area contributed by atoms with Crippen LogP contribution in [0.2, 0.25) is 0 Å². The number of likely N-dealkylation sites (tertiary alicyclic amines) is 2. The van der Waals surface area contributed by atoms with Crippen LogP contribution in [-0.4, -0.2) is 52.1 Å². The van der Waals surface area contributed by atoms with E-state index in [4.69, 9.17) is 0 Å². The molecule has 3 fully saturated rings. The molecule has 6 heteroatoms. The van der Waals surface area contributed by atoms with Gasteiger partial charge in [0.2, 0.25) is 5.91 Å². The molecule has 2 aliphatic heterocycles. The Morgan fingerprint density at radius 3 is 2.50 bits per heavy atom. The van der Waals surface area contributed by atoms with E-state index in [1.165, 1.54) is 6.07 Å². The minimum absolute atomic E-state index is 0.0421. The van der Waals surface area contributed by atoms with E-state index in [1.54, 1.807) is 0 Å². The highest BCUT2D eigenvalue weighted by molar-refractivity contribution is 5.80. The number of nitrogens with zero attached hydrogens (tertiary/aromatic N) is 2. The van der Waals surface area contributed by atoms with Gasteiger partial charge in [0.25, 0.3) is 0 Å². The van der Waals surface area contributed by atoms with E-state index >= 15 is 0 Å². The van der Waals surface area contributed by atoms with Crippen LogP contribution < -0.4 is 0 Å². The highest BCUT2D eigenvalue weighted by Crippen LogP contribution is 2.54. The maximum absolute atomic E-state index is 14.1. The van der Waals surface area contributed by atoms with Crippen LogP contribution in [0.3, 0.4) is 0 Å². The van der Waals surface area contributed by atoms with Crippen LogP contribution in [0.4, 0.5) is 8.78 Å². The van der Waals surface area contributed by atoms with E-state index in [2.05, 4.69) is 4.90 Å². The van der Waals surface area contributed by atoms with Crippen LogP contribution >= 0.6 is 0 Å². The minimum Gasteiger partial charge on any atom is -0.394 e. The summed E-state index contributed by atoms with van der Waals surface area (Å²) in [6, 6.07) is 13.3. The van der Waals surface area contributed by atoms with Crippen LogP contribution in [0.15, 0.2) is 48.5 Å². The van der Waals surface area contributed by atoms with Gasteiger partial charge >= 0.3 is 0 Å². The molecule has 1 N–H and O–H groups in total. The Labute approximate surface area is 175 Å². The van der Waals surface area contributed by atoms with Crippen molar-refractivity contribution in [3.8, 4) is 0 Å². The number of rotatable bonds is 6. The van der Waals surface area contributed by atoms with Gasteiger partial charge in [0.05, 0.1) is 18.2 Å². The lowest BCUT2D eigenvalue weighted by Gasteiger charge is -2.70. The summed E-state index contributed by atoms with van der Waals surface area (Å²) in [6.45, 7) is 1.42. The highest BCUT2D eigenvalue weighted by atomic mass is 19.1. The number of aliphatic hydroxyl groups excluding tert-OH is 1. The van der Waals surface area contributed by atoms with Gasteiger partial charge in [0.1, 0.15) is 11.6 Å². The molecular formula is C24H26F2N2O2. The molecule has 2 heterocycles. The van der Waals surface area contributed by atoms with Gasteiger partial charge in [-0.1, -0.05) is 30.3 Å². The lowest BCUT2D eigenvalue weighted by molar-refractivity contribution is -0.202. The predicted molar refractivity (Wildman–Crippen MR) is 109 cm³/mol. The first-order valence-electron chi connectivity index (χ1n) is 10.7. The molecule has 1 aliphatic carbocycles. The molecule has 5 rings (SSSR count). The highest BCUT2D eigenvalue weighted by Gasteiger charge is 2.67. The number of carbonyl (C=O) groups is 1. The molecule has 158 valence electrons. The van der Waals surface area contributed by atoms with Crippen molar-refractivity contribution in [1.29, 1.82) is 0 Å². The number of halogens is 2. The summed E-state index contributed by atoms with van der Waals surface area (Å²) in [5.41, 5.74) is 1.06. The molecule has 2 saturated heterocycles. The SMILES string of the molecule is O=C(CC1CC1)N1[C@@H](CO)[C@@H](c2ccccc2)C12CN(Cc1cc(F)ccc1F)C2. The Morgan fingerprint density at radius 2 is 1.83 bits per heavy atom. The molecule has 0 radical (unpaired) electrons. The van der Waals surface area contributed by atoms with Crippen LogP contribution in [0.5, 0.6) is 0 Å². The van der Waals surface area contributed by atoms with E-state index in [-0.39, 0.29) is 30.0 Å². The lowest BCUT2D eigenvalue weighted by atomic mass is 9.60. The van der Waals surface area contributed by atoms with Crippen molar-refractivity contribution in [1.82, 2.24) is 9.80 Å². The fraction of sp³-hybridized carbons (Fsp3) is 0.458. The monoisotopic (exact) mass is 412 g/mol. The molecule has 2 aromatic rings. The van der Waals surface area contributed by atoms with E-state index in [9.17, 15) is 18.7 Å². The molecule has 2 aromatic carbocycles. The average molecular weight is 412 g/mol. The zero-order valence-corrected chi connectivity index (χ0v) is 16.8. The lowest BCUT2D eigenvalue weighted by Crippen LogP contribution is -2.85. The number of benzene rings is 2. The van der Waals surface area contributed by atoms with Gasteiger partial charge < -0.3 is 10.0 Å². The fourth-order valence-corrected chi connectivity index (χ4v) is 5.48. The average Bonchev–Trinajstić information content (AvgIpc) is 3.50. The summed E-state index contributed by atoms with van der Waals surface area (Å²) < 4.78 is 27.7. The van der Waals surface area contributed by atoms with Crippen molar-refractivity contribution in [3.63, 3.8) is 0 Å². The number of aliphatic hydroxyl groups is 1. The van der Waals surface area contributed by atoms with Crippen molar-refractivity contribution in [3.05, 3.63) is 71.3 Å². The third kappa shape index (κ3) is 3.22. The van der Waals surface area contributed by atoms with Crippen LogP contribution in [0.1, 0.15) is 36.3 Å². The summed E-state index contributed by atoms with van der Waals surface area (Å²) >= 11 is 0. The summed E-state index contributed by atoms with van der Waals surface area (Å²) in [5, 5.41) is 10.1. The topological polar surface area (TPSA) is 43.8 Å². The second-order valence-corrected chi connectivity index (χ2v) is 9.03. The van der Waals surface area contributed by atoms with E-state index in [0.29, 0.717) is 37.5 Å². The Morgan fingerprint density at radius 1 is 1.10 bits per heavy atom. The van der Waals surface area contributed by atoms with Crippen molar-refractivity contribution < 1.29 is 18.7 Å². The van der Waals surface area contributed by atoms with Crippen LogP contribution in [-0.2, 0) is 11.3 Å². The van der Waals surface area contributed by atoms with E-state index in [0.717, 1.165) is 30.5 Å². The number of amides is 1. The van der Waals surface area contributed by atoms with Gasteiger partial charge in [0.15, 0.2) is 0 Å². The zero-order chi connectivity index (χ0) is 20.9. The van der Waals surface area contributed by atoms with Crippen molar-refractivity contribution >= 4 is 5.91 Å². The second kappa shape index (κ2) is 7.43. The van der Waals surface area contributed by atoms with Gasteiger partial charge in [-0.2, -0.15) is 0 Å². The van der Waals surface area contributed by atoms with E-state index in [1.807, 2.05) is 35.2 Å². The number of hydrogen-bond donors (Lipinski definition) is 1. The second-order valence-electron chi connectivity index (χ2n) is 9.03. The maximum atomic E-state index is 14.1. The fourth-order valence-electron chi connectivity index (χ4n) is 5.48. The largest absolute Gasteiger partial charge is 0.394 e. The Kier molecular flexibility index (Phi) is 4.86. The molecule has 2 atom stereocenters. The third-order valence-electron chi connectivity index (χ3n) is 6.95. The number of carbonyl (C=O) groups excluding carboxylic acids is 1. The summed E-state index contributed by atoms with van der Waals surface area (Å²) in [4.78, 5) is 17.0. The van der Waals surface area contributed by atoms with Crippen molar-refractivity contribution in [2.45, 2.75) is 43.3 Å². The van der Waals surface area contributed by atoms with Crippen molar-refractivity contribution in [2.75, 3.05) is 19.7 Å². The normalized spacial score (nSPS) is 25.1. The molecule has 0 bridgehead atoms. The Bertz CT molecular complexity index is 941. The zero-order valence-electron chi connectivity index (χ0n) is 16.8. The van der Waals surface area contributed by atoms with Gasteiger partial charge in [0, 0.05) is 37.5 Å². The first kappa shape index (κ1) is 19.6. The van der Waals surface area contributed by atoms with Crippen LogP contribution in [0, 0.1) is 17.6 Å². The summed E-state index contributed by atoms with van der Waals surface area (Å²) in [7, 11) is 0. The first-order chi connectivity index (χ1) is 14.5. The van der Waals surface area contributed by atoms with Crippen molar-refractivity contribution in [2.24, 2.45) is 5.92 Å². The predicted octanol–water partition coefficient (Wildman–Crippen LogP) is 3.31. The molecule has 1 amide bonds. The van der Waals surface area contributed by atoms with Gasteiger partial charge in [-0.15, -0.1) is 0 Å². The molecule has 1 spiro atoms. The van der Waals surface area contributed by atoms with Crippen LogP contribution in [0.25, 0.3) is 0 Å². The molecule has 30 heavy (non-hydrogen) atoms. The standard InChI is InChI=1S/C24H26F2N2O2/c25-19-8-9-20(26)18(11-19)12-27-14-24(15-27)23(17-4-2-1-3-5-17)21(13-29)28(24)22(30)10-16-6-7-16/h1-5,8-9,11,16,21,23,29H,6-7,10,12-15H2/t21-,23+/m0/s1.